The Morgan fingerprint density at radius 2 is 2.20 bits per heavy atom. The maximum Gasteiger partial charge on any atom is 0.360 e. The van der Waals surface area contributed by atoms with Crippen LogP contribution in [0, 0.1) is 6.92 Å². The third kappa shape index (κ3) is 3.06. The Balaban J connectivity index is 2.34. The van der Waals surface area contributed by atoms with Crippen LogP contribution in [-0.4, -0.2) is 17.6 Å². The van der Waals surface area contributed by atoms with Crippen LogP contribution < -0.4 is 5.32 Å². The van der Waals surface area contributed by atoms with Crippen LogP contribution in [0.1, 0.15) is 23.0 Å². The zero-order chi connectivity index (χ0) is 14.7. The van der Waals surface area contributed by atoms with Gasteiger partial charge < -0.3 is 10.1 Å². The van der Waals surface area contributed by atoms with Crippen molar-refractivity contribution in [1.82, 2.24) is 4.98 Å². The summed E-state index contributed by atoms with van der Waals surface area (Å²) in [5.41, 5.74) is 3.24. The lowest BCUT2D eigenvalue weighted by atomic mass is 10.2. The second-order valence-corrected chi connectivity index (χ2v) is 5.57. The predicted octanol–water partition coefficient (Wildman–Crippen LogP) is 4.68. The van der Waals surface area contributed by atoms with Gasteiger partial charge >= 0.3 is 5.97 Å². The fraction of sp³-hybridized carbons (Fsp3) is 0.231. The summed E-state index contributed by atoms with van der Waals surface area (Å²) in [4.78, 5) is 15.8. The van der Waals surface area contributed by atoms with Crippen molar-refractivity contribution in [1.29, 1.82) is 0 Å². The first kappa shape index (κ1) is 15.1. The number of anilines is 2. The van der Waals surface area contributed by atoms with Crippen molar-refractivity contribution >= 4 is 51.2 Å². The number of hydrogen-bond acceptors (Lipinski definition) is 5. The van der Waals surface area contributed by atoms with E-state index in [-0.39, 0.29) is 5.69 Å². The quantitative estimate of drug-likeness (QED) is 0.827. The van der Waals surface area contributed by atoms with E-state index in [1.807, 2.05) is 13.0 Å². The predicted molar refractivity (Wildman–Crippen MR) is 82.6 cm³/mol. The molecule has 1 N–H and O–H groups in total. The van der Waals surface area contributed by atoms with Gasteiger partial charge in [-0.1, -0.05) is 29.3 Å². The molecule has 0 aliphatic heterocycles. The fourth-order valence-electron chi connectivity index (χ4n) is 1.56. The van der Waals surface area contributed by atoms with E-state index in [2.05, 4.69) is 10.3 Å². The van der Waals surface area contributed by atoms with Crippen LogP contribution in [0.5, 0.6) is 0 Å². The number of esters is 1. The molecule has 0 atom stereocenters. The van der Waals surface area contributed by atoms with Gasteiger partial charge in [-0.25, -0.2) is 9.78 Å². The van der Waals surface area contributed by atoms with E-state index in [1.54, 1.807) is 18.5 Å². The molecule has 0 spiro atoms. The van der Waals surface area contributed by atoms with Crippen LogP contribution in [0.4, 0.5) is 10.7 Å². The number of aryl methyl sites for hydroxylation is 1. The normalized spacial score (nSPS) is 10.4. The largest absolute Gasteiger partial charge is 0.461 e. The van der Waals surface area contributed by atoms with Crippen LogP contribution in [-0.2, 0) is 4.74 Å². The molecular weight excluding hydrogens is 319 g/mol. The number of hydrogen-bond donors (Lipinski definition) is 1. The van der Waals surface area contributed by atoms with E-state index < -0.39 is 5.97 Å². The molecule has 0 saturated heterocycles. The average molecular weight is 331 g/mol. The molecule has 1 aromatic heterocycles. The van der Waals surface area contributed by atoms with Crippen LogP contribution in [0.15, 0.2) is 17.6 Å². The molecule has 4 nitrogen and oxygen atoms in total. The highest BCUT2D eigenvalue weighted by Crippen LogP contribution is 2.37. The molecule has 0 radical (unpaired) electrons. The first-order valence-electron chi connectivity index (χ1n) is 5.86. The smallest absolute Gasteiger partial charge is 0.360 e. The molecule has 2 rings (SSSR count). The number of aromatic nitrogens is 1. The molecule has 0 fully saturated rings. The van der Waals surface area contributed by atoms with Crippen molar-refractivity contribution in [2.75, 3.05) is 11.9 Å². The molecule has 20 heavy (non-hydrogen) atoms. The number of nitrogens with zero attached hydrogens (tertiary/aromatic N) is 1. The fourth-order valence-corrected chi connectivity index (χ4v) is 2.70. The Bertz CT molecular complexity index is 643. The highest BCUT2D eigenvalue weighted by atomic mass is 35.5. The summed E-state index contributed by atoms with van der Waals surface area (Å²) < 4.78 is 4.95. The summed E-state index contributed by atoms with van der Waals surface area (Å²) >= 11 is 13.6. The standard InChI is InChI=1S/C13H12Cl2N2O2S/c1-3-19-13(18)11-12(20-6-16-11)17-10-8(14)5-4-7(2)9(10)15/h4-6,17H,3H2,1-2H3. The van der Waals surface area contributed by atoms with Crippen molar-refractivity contribution in [2.45, 2.75) is 13.8 Å². The molecule has 1 aromatic carbocycles. The summed E-state index contributed by atoms with van der Waals surface area (Å²) in [7, 11) is 0. The minimum atomic E-state index is -0.476. The zero-order valence-electron chi connectivity index (χ0n) is 10.9. The van der Waals surface area contributed by atoms with Gasteiger partial charge in [0.05, 0.1) is 27.9 Å². The van der Waals surface area contributed by atoms with Crippen molar-refractivity contribution in [3.63, 3.8) is 0 Å². The number of carbonyl (C=O) groups is 1. The lowest BCUT2D eigenvalue weighted by molar-refractivity contribution is 0.0521. The van der Waals surface area contributed by atoms with Gasteiger partial charge in [0.25, 0.3) is 0 Å². The minimum absolute atomic E-state index is 0.227. The summed E-state index contributed by atoms with van der Waals surface area (Å²) in [5.74, 6) is -0.476. The van der Waals surface area contributed by atoms with E-state index in [1.165, 1.54) is 11.3 Å². The molecular formula is C13H12Cl2N2O2S. The van der Waals surface area contributed by atoms with Gasteiger partial charge in [0.1, 0.15) is 5.00 Å². The number of nitrogens with one attached hydrogen (secondary N) is 1. The van der Waals surface area contributed by atoms with Crippen LogP contribution in [0.3, 0.4) is 0 Å². The lowest BCUT2D eigenvalue weighted by Gasteiger charge is -2.11. The number of carbonyl (C=O) groups excluding carboxylic acids is 1. The van der Waals surface area contributed by atoms with Gasteiger partial charge in [0.2, 0.25) is 0 Å². The summed E-state index contributed by atoms with van der Waals surface area (Å²) in [6.45, 7) is 3.91. The molecule has 0 unspecified atom stereocenters. The van der Waals surface area contributed by atoms with E-state index in [0.717, 1.165) is 5.56 Å². The number of thiazole rings is 1. The Morgan fingerprint density at radius 3 is 2.90 bits per heavy atom. The number of halogens is 2. The SMILES string of the molecule is CCOC(=O)c1ncsc1Nc1c(Cl)ccc(C)c1Cl. The van der Waals surface area contributed by atoms with Gasteiger partial charge in [-0.05, 0) is 25.5 Å². The summed E-state index contributed by atoms with van der Waals surface area (Å²) in [5, 5.41) is 4.60. The zero-order valence-corrected chi connectivity index (χ0v) is 13.2. The minimum Gasteiger partial charge on any atom is -0.461 e. The third-order valence-electron chi connectivity index (χ3n) is 2.56. The topological polar surface area (TPSA) is 51.2 Å². The van der Waals surface area contributed by atoms with Crippen LogP contribution in [0.25, 0.3) is 0 Å². The van der Waals surface area contributed by atoms with Gasteiger partial charge in [-0.3, -0.25) is 0 Å². The number of benzene rings is 1. The molecule has 2 aromatic rings. The van der Waals surface area contributed by atoms with Crippen molar-refractivity contribution in [2.24, 2.45) is 0 Å². The second kappa shape index (κ2) is 6.43. The third-order valence-corrected chi connectivity index (χ3v) is 4.10. The van der Waals surface area contributed by atoms with Crippen LogP contribution in [0.2, 0.25) is 10.0 Å². The summed E-state index contributed by atoms with van der Waals surface area (Å²) in [6, 6.07) is 3.57. The average Bonchev–Trinajstić information content (AvgIpc) is 2.88. The molecule has 106 valence electrons. The first-order valence-corrected chi connectivity index (χ1v) is 7.50. The molecule has 0 amide bonds. The molecule has 0 saturated carbocycles. The summed E-state index contributed by atoms with van der Waals surface area (Å²) in [6.07, 6.45) is 0. The maximum atomic E-state index is 11.8. The van der Waals surface area contributed by atoms with Crippen molar-refractivity contribution in [3.05, 3.63) is 38.9 Å². The molecule has 0 bridgehead atoms. The number of rotatable bonds is 4. The van der Waals surface area contributed by atoms with E-state index in [9.17, 15) is 4.79 Å². The Kier molecular flexibility index (Phi) is 4.86. The first-order chi connectivity index (χ1) is 9.54. The van der Waals surface area contributed by atoms with Crippen molar-refractivity contribution < 1.29 is 9.53 Å². The van der Waals surface area contributed by atoms with Gasteiger partial charge in [0.15, 0.2) is 5.69 Å². The molecule has 0 aliphatic carbocycles. The maximum absolute atomic E-state index is 11.8. The van der Waals surface area contributed by atoms with Crippen molar-refractivity contribution in [3.8, 4) is 0 Å². The van der Waals surface area contributed by atoms with E-state index in [0.29, 0.717) is 27.3 Å². The Morgan fingerprint density at radius 1 is 1.45 bits per heavy atom. The molecule has 0 aliphatic rings. The molecule has 7 heteroatoms. The number of ether oxygens (including phenoxy) is 1. The molecule has 1 heterocycles. The van der Waals surface area contributed by atoms with Gasteiger partial charge in [-0.2, -0.15) is 0 Å². The highest BCUT2D eigenvalue weighted by molar-refractivity contribution is 7.14. The monoisotopic (exact) mass is 330 g/mol. The van der Waals surface area contributed by atoms with E-state index in [4.69, 9.17) is 27.9 Å². The van der Waals surface area contributed by atoms with Crippen LogP contribution >= 0.6 is 34.5 Å². The lowest BCUT2D eigenvalue weighted by Crippen LogP contribution is -2.07. The highest BCUT2D eigenvalue weighted by Gasteiger charge is 2.18. The Labute approximate surface area is 130 Å². The Hall–Kier alpha value is -1.30. The van der Waals surface area contributed by atoms with Gasteiger partial charge in [-0.15, -0.1) is 11.3 Å². The second-order valence-electron chi connectivity index (χ2n) is 3.93. The van der Waals surface area contributed by atoms with E-state index >= 15 is 0 Å². The van der Waals surface area contributed by atoms with Gasteiger partial charge in [0, 0.05) is 0 Å².